The zero-order chi connectivity index (χ0) is 20.1. The normalized spacial score (nSPS) is 24.6. The number of rotatable bonds is 7. The van der Waals surface area contributed by atoms with E-state index in [1.165, 1.54) is 13.2 Å². The molecule has 2 heterocycles. The maximum atomic E-state index is 14.2. The third kappa shape index (κ3) is 4.82. The number of nitrogens with zero attached hydrogens (tertiary/aromatic N) is 2. The molecule has 2 aliphatic rings. The molecule has 2 fully saturated rings. The quantitative estimate of drug-likeness (QED) is 0.738. The van der Waals surface area contributed by atoms with Gasteiger partial charge in [0.25, 0.3) is 5.91 Å². The Morgan fingerprint density at radius 3 is 2.71 bits per heavy atom. The van der Waals surface area contributed by atoms with Gasteiger partial charge in [0.15, 0.2) is 5.60 Å². The highest BCUT2D eigenvalue weighted by Gasteiger charge is 2.43. The van der Waals surface area contributed by atoms with Crippen molar-refractivity contribution in [2.75, 3.05) is 39.9 Å². The van der Waals surface area contributed by atoms with E-state index in [0.717, 1.165) is 32.4 Å². The number of benzene rings is 1. The molecule has 0 unspecified atom stereocenters. The van der Waals surface area contributed by atoms with Crippen LogP contribution in [-0.2, 0) is 11.3 Å². The molecule has 1 amide bonds. The molecule has 7 heteroatoms. The van der Waals surface area contributed by atoms with Crippen LogP contribution in [0.5, 0.6) is 5.75 Å². The van der Waals surface area contributed by atoms with E-state index >= 15 is 0 Å². The number of carbonyl (C=O) groups is 1. The van der Waals surface area contributed by atoms with Crippen LogP contribution in [0.3, 0.4) is 0 Å². The summed E-state index contributed by atoms with van der Waals surface area (Å²) in [5, 5.41) is 20.2. The average Bonchev–Trinajstić information content (AvgIpc) is 2.69. The summed E-state index contributed by atoms with van der Waals surface area (Å²) in [5.41, 5.74) is -1.03. The highest BCUT2D eigenvalue weighted by atomic mass is 19.1. The number of likely N-dealkylation sites (tertiary alicyclic amines) is 2. The summed E-state index contributed by atoms with van der Waals surface area (Å²) in [6, 6.07) is 4.49. The maximum absolute atomic E-state index is 14.2. The Balaban J connectivity index is 1.63. The Labute approximate surface area is 165 Å². The number of piperidine rings is 2. The first kappa shape index (κ1) is 21.0. The molecule has 1 aromatic carbocycles. The first-order valence-electron chi connectivity index (χ1n) is 10.1. The molecule has 0 spiro atoms. The number of amides is 1. The predicted molar refractivity (Wildman–Crippen MR) is 103 cm³/mol. The van der Waals surface area contributed by atoms with Crippen molar-refractivity contribution < 1.29 is 24.1 Å². The van der Waals surface area contributed by atoms with Gasteiger partial charge >= 0.3 is 0 Å². The van der Waals surface area contributed by atoms with Crippen LogP contribution in [0.1, 0.15) is 37.7 Å². The lowest BCUT2D eigenvalue weighted by atomic mass is 9.88. The monoisotopic (exact) mass is 394 g/mol. The molecule has 2 saturated heterocycles. The lowest BCUT2D eigenvalue weighted by Crippen LogP contribution is -2.59. The molecule has 0 aromatic heterocycles. The van der Waals surface area contributed by atoms with Crippen molar-refractivity contribution in [2.45, 2.75) is 44.2 Å². The van der Waals surface area contributed by atoms with Crippen LogP contribution in [0.2, 0.25) is 0 Å². The van der Waals surface area contributed by atoms with Crippen molar-refractivity contribution in [3.63, 3.8) is 0 Å². The molecule has 0 aliphatic carbocycles. The van der Waals surface area contributed by atoms with Crippen LogP contribution < -0.4 is 4.74 Å². The van der Waals surface area contributed by atoms with Crippen LogP contribution >= 0.6 is 0 Å². The molecule has 1 aromatic rings. The Morgan fingerprint density at radius 2 is 2.04 bits per heavy atom. The van der Waals surface area contributed by atoms with Crippen molar-refractivity contribution in [1.29, 1.82) is 0 Å². The highest BCUT2D eigenvalue weighted by molar-refractivity contribution is 5.86. The summed E-state index contributed by atoms with van der Waals surface area (Å²) < 4.78 is 19.3. The topological polar surface area (TPSA) is 73.2 Å². The van der Waals surface area contributed by atoms with E-state index in [0.29, 0.717) is 43.2 Å². The fraction of sp³-hybridized carbons (Fsp3) is 0.667. The van der Waals surface area contributed by atoms with Crippen LogP contribution in [0.4, 0.5) is 4.39 Å². The molecule has 28 heavy (non-hydrogen) atoms. The van der Waals surface area contributed by atoms with Crippen molar-refractivity contribution >= 4 is 5.91 Å². The van der Waals surface area contributed by atoms with Gasteiger partial charge in [0.2, 0.25) is 0 Å². The van der Waals surface area contributed by atoms with Gasteiger partial charge in [-0.15, -0.1) is 0 Å². The van der Waals surface area contributed by atoms with E-state index < -0.39 is 5.60 Å². The number of carbonyl (C=O) groups excluding carboxylic acids is 1. The first-order chi connectivity index (χ1) is 13.4. The summed E-state index contributed by atoms with van der Waals surface area (Å²) in [6.07, 6.45) is 3.89. The SMILES string of the molecule is COc1ccc(F)c(CN2CCC[C@](O)(CN3CCC(CCO)CC3)C2=O)c1. The van der Waals surface area contributed by atoms with E-state index in [9.17, 15) is 14.3 Å². The van der Waals surface area contributed by atoms with Crippen LogP contribution in [0.15, 0.2) is 18.2 Å². The van der Waals surface area contributed by atoms with Gasteiger partial charge in [0.05, 0.1) is 7.11 Å². The van der Waals surface area contributed by atoms with E-state index in [1.54, 1.807) is 17.0 Å². The Hall–Kier alpha value is -1.70. The van der Waals surface area contributed by atoms with Gasteiger partial charge in [-0.3, -0.25) is 9.69 Å². The van der Waals surface area contributed by atoms with Crippen LogP contribution in [0.25, 0.3) is 0 Å². The van der Waals surface area contributed by atoms with Gasteiger partial charge in [-0.05, 0) is 69.3 Å². The summed E-state index contributed by atoms with van der Waals surface area (Å²) in [4.78, 5) is 16.7. The molecule has 0 radical (unpaired) electrons. The predicted octanol–water partition coefficient (Wildman–Crippen LogP) is 1.78. The smallest absolute Gasteiger partial charge is 0.256 e. The van der Waals surface area contributed by atoms with Crippen molar-refractivity contribution in [3.8, 4) is 5.75 Å². The minimum atomic E-state index is -1.42. The number of β-amino-alcohol motifs (C(OH)–C–C–N with tert-alkyl or cyclic N) is 1. The fourth-order valence-corrected chi connectivity index (χ4v) is 4.35. The summed E-state index contributed by atoms with van der Waals surface area (Å²) >= 11 is 0. The van der Waals surface area contributed by atoms with Gasteiger partial charge < -0.3 is 19.8 Å². The van der Waals surface area contributed by atoms with Gasteiger partial charge in [-0.2, -0.15) is 0 Å². The summed E-state index contributed by atoms with van der Waals surface area (Å²) in [6.45, 7) is 2.81. The number of hydrogen-bond acceptors (Lipinski definition) is 5. The number of halogens is 1. The second-order valence-corrected chi connectivity index (χ2v) is 8.05. The van der Waals surface area contributed by atoms with E-state index in [1.807, 2.05) is 0 Å². The molecule has 2 aliphatic heterocycles. The van der Waals surface area contributed by atoms with Crippen molar-refractivity contribution in [3.05, 3.63) is 29.6 Å². The molecule has 2 N–H and O–H groups in total. The highest BCUT2D eigenvalue weighted by Crippen LogP contribution is 2.29. The maximum Gasteiger partial charge on any atom is 0.256 e. The lowest BCUT2D eigenvalue weighted by molar-refractivity contribution is -0.160. The Morgan fingerprint density at radius 1 is 1.29 bits per heavy atom. The van der Waals surface area contributed by atoms with Gasteiger partial charge in [-0.1, -0.05) is 0 Å². The standard InChI is InChI=1S/C21H31FN2O4/c1-28-18-3-4-19(22)17(13-18)14-24-9-2-8-21(27,20(24)26)15-23-10-5-16(6-11-23)7-12-25/h3-4,13,16,25,27H,2,5-12,14-15H2,1H3/t21-/m0/s1. The number of ether oxygens (including phenoxy) is 1. The minimum Gasteiger partial charge on any atom is -0.497 e. The van der Waals surface area contributed by atoms with Gasteiger partial charge in [0, 0.05) is 31.8 Å². The third-order valence-corrected chi connectivity index (χ3v) is 6.05. The number of hydrogen-bond donors (Lipinski definition) is 2. The zero-order valence-corrected chi connectivity index (χ0v) is 16.6. The zero-order valence-electron chi connectivity index (χ0n) is 16.6. The largest absolute Gasteiger partial charge is 0.497 e. The minimum absolute atomic E-state index is 0.128. The van der Waals surface area contributed by atoms with Gasteiger partial charge in [0.1, 0.15) is 11.6 Å². The van der Waals surface area contributed by atoms with Crippen molar-refractivity contribution in [2.24, 2.45) is 5.92 Å². The van der Waals surface area contributed by atoms with E-state index in [-0.39, 0.29) is 24.9 Å². The molecular weight excluding hydrogens is 363 g/mol. The molecule has 6 nitrogen and oxygen atoms in total. The Bertz CT molecular complexity index is 678. The van der Waals surface area contributed by atoms with Crippen LogP contribution in [0, 0.1) is 11.7 Å². The summed E-state index contributed by atoms with van der Waals surface area (Å²) in [5.74, 6) is 0.361. The molecular formula is C21H31FN2O4. The molecule has 0 saturated carbocycles. The van der Waals surface area contributed by atoms with Gasteiger partial charge in [-0.25, -0.2) is 4.39 Å². The van der Waals surface area contributed by atoms with Crippen LogP contribution in [-0.4, -0.2) is 71.4 Å². The number of methoxy groups -OCH3 is 1. The second kappa shape index (κ2) is 9.20. The number of aliphatic hydroxyl groups excluding tert-OH is 1. The Kier molecular flexibility index (Phi) is 6.91. The molecule has 156 valence electrons. The average molecular weight is 394 g/mol. The first-order valence-corrected chi connectivity index (χ1v) is 10.1. The second-order valence-electron chi connectivity index (χ2n) is 8.05. The molecule has 1 atom stereocenters. The molecule has 0 bridgehead atoms. The fourth-order valence-electron chi connectivity index (χ4n) is 4.35. The summed E-state index contributed by atoms with van der Waals surface area (Å²) in [7, 11) is 1.52. The van der Waals surface area contributed by atoms with Crippen molar-refractivity contribution in [1.82, 2.24) is 9.80 Å². The third-order valence-electron chi connectivity index (χ3n) is 6.05. The van der Waals surface area contributed by atoms with E-state index in [2.05, 4.69) is 4.90 Å². The number of aliphatic hydroxyl groups is 2. The lowest BCUT2D eigenvalue weighted by Gasteiger charge is -2.42. The molecule has 3 rings (SSSR count). The van der Waals surface area contributed by atoms with E-state index in [4.69, 9.17) is 9.84 Å².